The number of carbonyl (C=O) groups excluding carboxylic acids is 1. The molecule has 146 valence electrons. The van der Waals surface area contributed by atoms with Gasteiger partial charge in [0.25, 0.3) is 5.91 Å². The molecule has 5 rings (SSSR count). The quantitative estimate of drug-likeness (QED) is 0.619. The van der Waals surface area contributed by atoms with Crippen molar-refractivity contribution in [1.82, 2.24) is 5.01 Å². The highest BCUT2D eigenvalue weighted by atomic mass is 32.2. The van der Waals surface area contributed by atoms with Gasteiger partial charge in [0.1, 0.15) is 16.6 Å². The number of fused-ring (bicyclic) bond motifs is 1. The van der Waals surface area contributed by atoms with Crippen LogP contribution in [-0.2, 0) is 4.79 Å². The van der Waals surface area contributed by atoms with Crippen LogP contribution < -0.4 is 0 Å². The Balaban J connectivity index is 1.45. The summed E-state index contributed by atoms with van der Waals surface area (Å²) in [5.74, 6) is 0.682. The van der Waals surface area contributed by atoms with Crippen molar-refractivity contribution in [2.24, 2.45) is 10.1 Å². The van der Waals surface area contributed by atoms with E-state index in [9.17, 15) is 4.79 Å². The number of carbonyl (C=O) groups is 1. The summed E-state index contributed by atoms with van der Waals surface area (Å²) in [5.41, 5.74) is 3.16. The van der Waals surface area contributed by atoms with Crippen LogP contribution in [0.15, 0.2) is 86.8 Å². The van der Waals surface area contributed by atoms with Gasteiger partial charge in [-0.15, -0.1) is 0 Å². The van der Waals surface area contributed by atoms with E-state index in [-0.39, 0.29) is 11.4 Å². The van der Waals surface area contributed by atoms with Gasteiger partial charge in [-0.25, -0.2) is 0 Å². The predicted molar refractivity (Wildman–Crippen MR) is 119 cm³/mol. The molecule has 1 N–H and O–H groups in total. The Labute approximate surface area is 177 Å². The maximum Gasteiger partial charge on any atom is 0.283 e. The molecule has 0 unspecified atom stereocenters. The molecule has 6 nitrogen and oxygen atoms in total. The Kier molecular flexibility index (Phi) is 4.44. The van der Waals surface area contributed by atoms with Gasteiger partial charge in [0.05, 0.1) is 5.57 Å². The Hall–Kier alpha value is -3.71. The monoisotopic (exact) mass is 412 g/mol. The van der Waals surface area contributed by atoms with E-state index in [1.54, 1.807) is 12.1 Å². The summed E-state index contributed by atoms with van der Waals surface area (Å²) < 4.78 is 5.85. The Morgan fingerprint density at radius 1 is 1.00 bits per heavy atom. The van der Waals surface area contributed by atoms with Gasteiger partial charge in [-0.2, -0.15) is 15.1 Å². The first-order chi connectivity index (χ1) is 14.6. The fraction of sp³-hybridized carbons (Fsp3) is 0.0435. The predicted octanol–water partition coefficient (Wildman–Crippen LogP) is 4.92. The number of furan rings is 1. The zero-order valence-corrected chi connectivity index (χ0v) is 16.8. The van der Waals surface area contributed by atoms with Gasteiger partial charge >= 0.3 is 0 Å². The maximum atomic E-state index is 12.6. The number of amidine groups is 2. The number of hydrogen-bond acceptors (Lipinski definition) is 5. The third-order valence-electron chi connectivity index (χ3n) is 4.72. The highest BCUT2D eigenvalue weighted by Gasteiger charge is 2.36. The average Bonchev–Trinajstić information content (AvgIpc) is 3.40. The molecule has 0 atom stereocenters. The van der Waals surface area contributed by atoms with Crippen molar-refractivity contribution < 1.29 is 9.21 Å². The van der Waals surface area contributed by atoms with Crippen molar-refractivity contribution in [1.29, 1.82) is 5.41 Å². The molecule has 2 aromatic carbocycles. The number of hydrogen-bond donors (Lipinski definition) is 1. The van der Waals surface area contributed by atoms with Crippen molar-refractivity contribution in [2.45, 2.75) is 6.92 Å². The van der Waals surface area contributed by atoms with Crippen LogP contribution in [0, 0.1) is 12.3 Å². The summed E-state index contributed by atoms with van der Waals surface area (Å²) in [6, 6.07) is 21.2. The van der Waals surface area contributed by atoms with Crippen LogP contribution in [-0.4, -0.2) is 27.0 Å². The zero-order valence-electron chi connectivity index (χ0n) is 16.0. The molecular formula is C23H16N4O2S. The van der Waals surface area contributed by atoms with Crippen molar-refractivity contribution in [2.75, 3.05) is 0 Å². The third kappa shape index (κ3) is 3.29. The van der Waals surface area contributed by atoms with Gasteiger partial charge < -0.3 is 4.42 Å². The Morgan fingerprint density at radius 3 is 2.53 bits per heavy atom. The van der Waals surface area contributed by atoms with Crippen LogP contribution in [0.4, 0.5) is 0 Å². The molecule has 1 amide bonds. The molecule has 2 aliphatic rings. The number of amides is 1. The Bertz CT molecular complexity index is 1250. The molecule has 30 heavy (non-hydrogen) atoms. The van der Waals surface area contributed by atoms with Crippen molar-refractivity contribution in [3.8, 4) is 11.3 Å². The SMILES string of the molecule is Cc1ccc(C2=NN3C(=N)C(=Cc4ccc(-c5ccccc5)o4)C(=O)N=C3S2)cc1. The van der Waals surface area contributed by atoms with Crippen molar-refractivity contribution in [3.05, 3.63) is 89.2 Å². The molecule has 0 saturated carbocycles. The van der Waals surface area contributed by atoms with Gasteiger partial charge in [0.15, 0.2) is 5.84 Å². The highest BCUT2D eigenvalue weighted by Crippen LogP contribution is 2.31. The molecule has 1 aromatic heterocycles. The van der Waals surface area contributed by atoms with Gasteiger partial charge in [-0.05, 0) is 36.9 Å². The minimum atomic E-state index is -0.475. The molecule has 2 aliphatic heterocycles. The smallest absolute Gasteiger partial charge is 0.283 e. The van der Waals surface area contributed by atoms with E-state index in [4.69, 9.17) is 9.83 Å². The molecule has 0 aliphatic carbocycles. The first kappa shape index (κ1) is 18.3. The lowest BCUT2D eigenvalue weighted by Gasteiger charge is -2.19. The Morgan fingerprint density at radius 2 is 1.77 bits per heavy atom. The average molecular weight is 412 g/mol. The second kappa shape index (κ2) is 7.27. The largest absolute Gasteiger partial charge is 0.457 e. The van der Waals surface area contributed by atoms with E-state index in [1.165, 1.54) is 16.8 Å². The third-order valence-corrected chi connectivity index (χ3v) is 5.68. The molecule has 7 heteroatoms. The van der Waals surface area contributed by atoms with Crippen molar-refractivity contribution in [3.63, 3.8) is 0 Å². The molecule has 0 spiro atoms. The van der Waals surface area contributed by atoms with Gasteiger partial charge in [-0.3, -0.25) is 10.2 Å². The molecule has 3 heterocycles. The number of benzene rings is 2. The van der Waals surface area contributed by atoms with Crippen LogP contribution in [0.5, 0.6) is 0 Å². The van der Waals surface area contributed by atoms with Crippen LogP contribution in [0.25, 0.3) is 17.4 Å². The maximum absolute atomic E-state index is 12.6. The van der Waals surface area contributed by atoms with E-state index in [1.807, 2.05) is 67.6 Å². The number of aliphatic imine (C=N–C) groups is 1. The summed E-state index contributed by atoms with van der Waals surface area (Å²) in [6.45, 7) is 2.02. The number of aryl methyl sites for hydroxylation is 1. The number of nitrogens with zero attached hydrogens (tertiary/aromatic N) is 3. The normalized spacial score (nSPS) is 17.2. The fourth-order valence-corrected chi connectivity index (χ4v) is 4.03. The van der Waals surface area contributed by atoms with Crippen LogP contribution in [0.2, 0.25) is 0 Å². The number of thioether (sulfide) groups is 1. The van der Waals surface area contributed by atoms with Crippen molar-refractivity contribution >= 4 is 39.8 Å². The summed E-state index contributed by atoms with van der Waals surface area (Å²) in [6.07, 6.45) is 1.54. The molecule has 0 saturated heterocycles. The van der Waals surface area contributed by atoms with E-state index in [0.29, 0.717) is 21.7 Å². The molecule has 0 fully saturated rings. The first-order valence-corrected chi connectivity index (χ1v) is 10.1. The van der Waals surface area contributed by atoms with E-state index >= 15 is 0 Å². The highest BCUT2D eigenvalue weighted by molar-refractivity contribution is 8.27. The molecule has 3 aromatic rings. The molecular weight excluding hydrogens is 396 g/mol. The molecule has 0 radical (unpaired) electrons. The van der Waals surface area contributed by atoms with Crippen LogP contribution in [0.1, 0.15) is 16.9 Å². The molecule has 0 bridgehead atoms. The van der Waals surface area contributed by atoms with E-state index in [2.05, 4.69) is 10.1 Å². The first-order valence-electron chi connectivity index (χ1n) is 9.31. The second-order valence-corrected chi connectivity index (χ2v) is 7.82. The van der Waals surface area contributed by atoms with E-state index in [0.717, 1.165) is 16.7 Å². The second-order valence-electron chi connectivity index (χ2n) is 6.86. The van der Waals surface area contributed by atoms with Gasteiger partial charge in [-0.1, -0.05) is 60.2 Å². The lowest BCUT2D eigenvalue weighted by atomic mass is 10.1. The van der Waals surface area contributed by atoms with Crippen LogP contribution in [0.3, 0.4) is 0 Å². The topological polar surface area (TPSA) is 82.0 Å². The standard InChI is InChI=1S/C23H16N4O2S/c1-14-7-9-16(10-8-14)22-26-27-20(24)18(21(28)25-23(27)30-22)13-17-11-12-19(29-17)15-5-3-2-4-6-15/h2-13,24H,1H3. The summed E-state index contributed by atoms with van der Waals surface area (Å²) in [5, 5.41) is 15.5. The minimum Gasteiger partial charge on any atom is -0.457 e. The summed E-state index contributed by atoms with van der Waals surface area (Å²) in [4.78, 5) is 16.7. The van der Waals surface area contributed by atoms with Gasteiger partial charge in [0, 0.05) is 11.1 Å². The summed E-state index contributed by atoms with van der Waals surface area (Å²) in [7, 11) is 0. The minimum absolute atomic E-state index is 0.0164. The van der Waals surface area contributed by atoms with Gasteiger partial charge in [0.2, 0.25) is 5.17 Å². The number of hydrazone groups is 1. The fourth-order valence-electron chi connectivity index (χ4n) is 3.14. The number of rotatable bonds is 3. The number of nitrogens with one attached hydrogen (secondary N) is 1. The lowest BCUT2D eigenvalue weighted by Crippen LogP contribution is -2.35. The van der Waals surface area contributed by atoms with E-state index < -0.39 is 5.91 Å². The van der Waals surface area contributed by atoms with Crippen LogP contribution >= 0.6 is 11.8 Å². The zero-order chi connectivity index (χ0) is 20.7. The lowest BCUT2D eigenvalue weighted by molar-refractivity contribution is -0.114. The summed E-state index contributed by atoms with van der Waals surface area (Å²) >= 11 is 1.28.